The first-order valence-corrected chi connectivity index (χ1v) is 7.45. The maximum absolute atomic E-state index is 11.7. The van der Waals surface area contributed by atoms with E-state index in [1.54, 1.807) is 0 Å². The quantitative estimate of drug-likeness (QED) is 0.881. The largest absolute Gasteiger partial charge is 0.444 e. The average molecular weight is 343 g/mol. The molecule has 5 heteroatoms. The number of aryl methyl sites for hydroxylation is 1. The molecular formula is C15H23BrN2O2. The fraction of sp³-hybridized carbons (Fsp3) is 0.533. The minimum atomic E-state index is -0.490. The highest BCUT2D eigenvalue weighted by atomic mass is 79.9. The van der Waals surface area contributed by atoms with Gasteiger partial charge in [0.1, 0.15) is 5.60 Å². The number of amides is 1. The number of nitrogens with one attached hydrogen (secondary N) is 1. The van der Waals surface area contributed by atoms with Crippen molar-refractivity contribution in [2.45, 2.75) is 39.2 Å². The van der Waals surface area contributed by atoms with Crippen molar-refractivity contribution in [2.75, 3.05) is 13.1 Å². The molecule has 0 saturated heterocycles. The van der Waals surface area contributed by atoms with E-state index in [0.29, 0.717) is 13.1 Å². The fourth-order valence-electron chi connectivity index (χ4n) is 1.94. The van der Waals surface area contributed by atoms with Crippen LogP contribution in [0, 0.1) is 6.92 Å². The molecule has 0 saturated carbocycles. The zero-order valence-corrected chi connectivity index (χ0v) is 14.1. The van der Waals surface area contributed by atoms with E-state index in [1.807, 2.05) is 45.9 Å². The number of nitrogens with two attached hydrogens (primary N) is 1. The van der Waals surface area contributed by atoms with Crippen molar-refractivity contribution in [1.82, 2.24) is 5.32 Å². The van der Waals surface area contributed by atoms with Gasteiger partial charge < -0.3 is 15.8 Å². The van der Waals surface area contributed by atoms with E-state index in [0.717, 1.165) is 15.6 Å². The molecule has 1 unspecified atom stereocenters. The van der Waals surface area contributed by atoms with Gasteiger partial charge in [-0.05, 0) is 51.0 Å². The predicted molar refractivity (Wildman–Crippen MR) is 84.9 cm³/mol. The van der Waals surface area contributed by atoms with Gasteiger partial charge in [-0.15, -0.1) is 0 Å². The zero-order valence-electron chi connectivity index (χ0n) is 12.5. The van der Waals surface area contributed by atoms with Gasteiger partial charge in [0, 0.05) is 23.5 Å². The molecule has 112 valence electrons. The Morgan fingerprint density at radius 3 is 2.60 bits per heavy atom. The van der Waals surface area contributed by atoms with Crippen LogP contribution in [0.1, 0.15) is 37.8 Å². The van der Waals surface area contributed by atoms with E-state index in [4.69, 9.17) is 10.5 Å². The van der Waals surface area contributed by atoms with Crippen molar-refractivity contribution in [3.05, 3.63) is 33.8 Å². The molecule has 1 rings (SSSR count). The molecule has 20 heavy (non-hydrogen) atoms. The van der Waals surface area contributed by atoms with Crippen LogP contribution in [-0.2, 0) is 4.74 Å². The highest BCUT2D eigenvalue weighted by molar-refractivity contribution is 9.10. The second-order valence-electron chi connectivity index (χ2n) is 5.82. The van der Waals surface area contributed by atoms with Crippen molar-refractivity contribution in [1.29, 1.82) is 0 Å². The zero-order chi connectivity index (χ0) is 15.3. The topological polar surface area (TPSA) is 64.3 Å². The minimum absolute atomic E-state index is 0.0793. The summed E-state index contributed by atoms with van der Waals surface area (Å²) in [5.74, 6) is 0.0793. The van der Waals surface area contributed by atoms with Crippen LogP contribution in [-0.4, -0.2) is 24.8 Å². The number of rotatable bonds is 4. The van der Waals surface area contributed by atoms with Gasteiger partial charge in [0.05, 0.1) is 0 Å². The third-order valence-corrected chi connectivity index (χ3v) is 3.34. The van der Waals surface area contributed by atoms with E-state index in [-0.39, 0.29) is 5.92 Å². The molecule has 0 aliphatic rings. The molecule has 1 aromatic carbocycles. The summed E-state index contributed by atoms with van der Waals surface area (Å²) in [7, 11) is 0. The lowest BCUT2D eigenvalue weighted by molar-refractivity contribution is 0.0525. The van der Waals surface area contributed by atoms with Crippen LogP contribution in [0.3, 0.4) is 0 Å². The third kappa shape index (κ3) is 5.51. The maximum atomic E-state index is 11.7. The van der Waals surface area contributed by atoms with Crippen molar-refractivity contribution >= 4 is 22.0 Å². The van der Waals surface area contributed by atoms with E-state index in [1.165, 1.54) is 0 Å². The standard InChI is InChI=1S/C15H23BrN2O2/c1-10-7-12(16)5-6-13(10)11(8-17)9-18-14(19)20-15(2,3)4/h5-7,11H,8-9,17H2,1-4H3,(H,18,19). The molecule has 0 bridgehead atoms. The smallest absolute Gasteiger partial charge is 0.407 e. The molecule has 0 heterocycles. The fourth-order valence-corrected chi connectivity index (χ4v) is 2.41. The van der Waals surface area contributed by atoms with E-state index in [2.05, 4.69) is 21.2 Å². The lowest BCUT2D eigenvalue weighted by Gasteiger charge is -2.22. The number of halogens is 1. The van der Waals surface area contributed by atoms with Crippen LogP contribution < -0.4 is 11.1 Å². The van der Waals surface area contributed by atoms with Crippen LogP contribution in [0.25, 0.3) is 0 Å². The van der Waals surface area contributed by atoms with Crippen molar-refractivity contribution in [3.63, 3.8) is 0 Å². The molecule has 0 aliphatic heterocycles. The second-order valence-corrected chi connectivity index (χ2v) is 6.73. The Labute approximate surface area is 129 Å². The van der Waals surface area contributed by atoms with Gasteiger partial charge in [0.15, 0.2) is 0 Å². The highest BCUT2D eigenvalue weighted by Gasteiger charge is 2.18. The summed E-state index contributed by atoms with van der Waals surface area (Å²) in [4.78, 5) is 11.7. The molecule has 1 atom stereocenters. The van der Waals surface area contributed by atoms with Crippen LogP contribution in [0.4, 0.5) is 4.79 Å². The van der Waals surface area contributed by atoms with Crippen molar-refractivity contribution in [2.24, 2.45) is 5.73 Å². The molecule has 1 amide bonds. The average Bonchev–Trinajstić information content (AvgIpc) is 2.29. The van der Waals surface area contributed by atoms with Gasteiger partial charge in [0.2, 0.25) is 0 Å². The summed E-state index contributed by atoms with van der Waals surface area (Å²) >= 11 is 3.44. The predicted octanol–water partition coefficient (Wildman–Crippen LogP) is 3.32. The van der Waals surface area contributed by atoms with Crippen LogP contribution >= 0.6 is 15.9 Å². The molecule has 0 spiro atoms. The molecule has 0 aromatic heterocycles. The Bertz CT molecular complexity index is 469. The Hall–Kier alpha value is -1.07. The Morgan fingerprint density at radius 2 is 2.10 bits per heavy atom. The summed E-state index contributed by atoms with van der Waals surface area (Å²) in [6.07, 6.45) is -0.411. The third-order valence-electron chi connectivity index (χ3n) is 2.85. The second kappa shape index (κ2) is 7.09. The molecule has 0 fully saturated rings. The Morgan fingerprint density at radius 1 is 1.45 bits per heavy atom. The molecule has 4 nitrogen and oxygen atoms in total. The van der Waals surface area contributed by atoms with E-state index >= 15 is 0 Å². The molecule has 0 aliphatic carbocycles. The summed E-state index contributed by atoms with van der Waals surface area (Å²) < 4.78 is 6.26. The minimum Gasteiger partial charge on any atom is -0.444 e. The van der Waals surface area contributed by atoms with Crippen molar-refractivity contribution in [3.8, 4) is 0 Å². The van der Waals surface area contributed by atoms with E-state index in [9.17, 15) is 4.79 Å². The summed E-state index contributed by atoms with van der Waals surface area (Å²) in [6, 6.07) is 6.07. The first kappa shape index (κ1) is 17.0. The van der Waals surface area contributed by atoms with Crippen LogP contribution in [0.2, 0.25) is 0 Å². The normalized spacial score (nSPS) is 12.9. The van der Waals surface area contributed by atoms with Gasteiger partial charge in [-0.1, -0.05) is 22.0 Å². The summed E-state index contributed by atoms with van der Waals surface area (Å²) in [6.45, 7) is 8.49. The summed E-state index contributed by atoms with van der Waals surface area (Å²) in [5.41, 5.74) is 7.63. The van der Waals surface area contributed by atoms with Gasteiger partial charge >= 0.3 is 6.09 Å². The van der Waals surface area contributed by atoms with Gasteiger partial charge in [-0.25, -0.2) is 4.79 Å². The lowest BCUT2D eigenvalue weighted by atomic mass is 9.95. The first-order chi connectivity index (χ1) is 9.23. The monoisotopic (exact) mass is 342 g/mol. The van der Waals surface area contributed by atoms with Gasteiger partial charge in [0.25, 0.3) is 0 Å². The number of carbonyl (C=O) groups is 1. The SMILES string of the molecule is Cc1cc(Br)ccc1C(CN)CNC(=O)OC(C)(C)C. The Kier molecular flexibility index (Phi) is 6.02. The lowest BCUT2D eigenvalue weighted by Crippen LogP contribution is -2.36. The molecule has 0 radical (unpaired) electrons. The number of benzene rings is 1. The maximum Gasteiger partial charge on any atom is 0.407 e. The number of hydrogen-bond donors (Lipinski definition) is 2. The van der Waals surface area contributed by atoms with Crippen molar-refractivity contribution < 1.29 is 9.53 Å². The number of carbonyl (C=O) groups excluding carboxylic acids is 1. The molecular weight excluding hydrogens is 320 g/mol. The van der Waals surface area contributed by atoms with Gasteiger partial charge in [-0.3, -0.25) is 0 Å². The first-order valence-electron chi connectivity index (χ1n) is 6.66. The Balaban J connectivity index is 2.66. The van der Waals surface area contributed by atoms with Crippen LogP contribution in [0.15, 0.2) is 22.7 Å². The van der Waals surface area contributed by atoms with Crippen LogP contribution in [0.5, 0.6) is 0 Å². The highest BCUT2D eigenvalue weighted by Crippen LogP contribution is 2.22. The summed E-state index contributed by atoms with van der Waals surface area (Å²) in [5, 5.41) is 2.78. The number of hydrogen-bond acceptors (Lipinski definition) is 3. The molecule has 3 N–H and O–H groups in total. The number of ether oxygens (including phenoxy) is 1. The number of alkyl carbamates (subject to hydrolysis) is 1. The van der Waals surface area contributed by atoms with Gasteiger partial charge in [-0.2, -0.15) is 0 Å². The van der Waals surface area contributed by atoms with E-state index < -0.39 is 11.7 Å². The molecule has 1 aromatic rings.